The van der Waals surface area contributed by atoms with Crippen molar-refractivity contribution in [1.82, 2.24) is 9.71 Å². The number of hydrogen-bond donors (Lipinski definition) is 1. The summed E-state index contributed by atoms with van der Waals surface area (Å²) in [4.78, 5) is 17.5. The van der Waals surface area contributed by atoms with Gasteiger partial charge in [-0.1, -0.05) is 41.7 Å². The van der Waals surface area contributed by atoms with Gasteiger partial charge < -0.3 is 9.94 Å². The molecular formula is C21H19Cl3N2O5S. The number of carbonyl (C=O) groups excluding carboxylic acids is 1. The molecule has 11 heteroatoms. The molecule has 0 fully saturated rings. The fourth-order valence-corrected chi connectivity index (χ4v) is 5.03. The predicted octanol–water partition coefficient (Wildman–Crippen LogP) is 5.48. The van der Waals surface area contributed by atoms with Crippen LogP contribution >= 0.6 is 34.8 Å². The number of imidazole rings is 1. The first-order valence-electron chi connectivity index (χ1n) is 9.50. The van der Waals surface area contributed by atoms with Crippen molar-refractivity contribution in [2.24, 2.45) is 0 Å². The Morgan fingerprint density at radius 2 is 1.84 bits per heavy atom. The number of benzene rings is 2. The van der Waals surface area contributed by atoms with E-state index in [1.807, 2.05) is 0 Å². The van der Waals surface area contributed by atoms with Crippen LogP contribution in [0.5, 0.6) is 5.75 Å². The van der Waals surface area contributed by atoms with E-state index in [1.54, 1.807) is 26.0 Å². The van der Waals surface area contributed by atoms with Crippen molar-refractivity contribution in [2.75, 3.05) is 12.4 Å². The van der Waals surface area contributed by atoms with Crippen LogP contribution < -0.4 is 4.74 Å². The van der Waals surface area contributed by atoms with E-state index in [0.717, 1.165) is 0 Å². The number of aromatic nitrogens is 2. The standard InChI is InChI=1S/C21H19Cl3N2O5S/c1-4-31-20-16(32(29,30)5-2)9-8-14(17(20)24)19(27)18-11(3)25-21(26(18)28)13-7-6-12(22)10-15(13)23/h6-10,28H,4-5H2,1-3H3. The zero-order valence-corrected chi connectivity index (χ0v) is 20.4. The van der Waals surface area contributed by atoms with Crippen molar-refractivity contribution in [1.29, 1.82) is 0 Å². The van der Waals surface area contributed by atoms with Crippen LogP contribution in [0.3, 0.4) is 0 Å². The van der Waals surface area contributed by atoms with E-state index in [-0.39, 0.29) is 55.8 Å². The fraction of sp³-hybridized carbons (Fsp3) is 0.238. The molecule has 0 unspecified atom stereocenters. The molecule has 7 nitrogen and oxygen atoms in total. The lowest BCUT2D eigenvalue weighted by atomic mass is 10.1. The van der Waals surface area contributed by atoms with Gasteiger partial charge in [-0.05, 0) is 44.2 Å². The van der Waals surface area contributed by atoms with Gasteiger partial charge in [0.15, 0.2) is 27.1 Å². The molecule has 0 bridgehead atoms. The molecule has 0 aliphatic heterocycles. The molecule has 170 valence electrons. The van der Waals surface area contributed by atoms with Crippen molar-refractivity contribution < 1.29 is 23.2 Å². The number of hydrogen-bond acceptors (Lipinski definition) is 6. The first-order valence-corrected chi connectivity index (χ1v) is 12.3. The Bertz CT molecular complexity index is 1320. The molecule has 0 saturated carbocycles. The molecule has 0 atom stereocenters. The number of sulfone groups is 1. The maximum absolute atomic E-state index is 13.3. The Balaban J connectivity index is 2.16. The number of rotatable bonds is 7. The molecule has 2 aromatic carbocycles. The minimum atomic E-state index is -3.65. The molecule has 0 aliphatic rings. The second-order valence-corrected chi connectivity index (χ2v) is 10.2. The molecule has 0 radical (unpaired) electrons. The van der Waals surface area contributed by atoms with E-state index in [9.17, 15) is 18.4 Å². The van der Waals surface area contributed by atoms with Crippen molar-refractivity contribution >= 4 is 50.4 Å². The van der Waals surface area contributed by atoms with Crippen LogP contribution in [0.4, 0.5) is 0 Å². The van der Waals surface area contributed by atoms with Crippen LogP contribution in [0, 0.1) is 6.92 Å². The van der Waals surface area contributed by atoms with Gasteiger partial charge in [-0.2, -0.15) is 4.73 Å². The highest BCUT2D eigenvalue weighted by Gasteiger charge is 2.29. The Morgan fingerprint density at radius 1 is 1.16 bits per heavy atom. The third-order valence-corrected chi connectivity index (χ3v) is 7.40. The molecule has 1 heterocycles. The largest absolute Gasteiger partial charge is 0.491 e. The average molecular weight is 518 g/mol. The van der Waals surface area contributed by atoms with Crippen molar-refractivity contribution in [3.8, 4) is 17.1 Å². The van der Waals surface area contributed by atoms with Crippen LogP contribution in [-0.2, 0) is 9.84 Å². The smallest absolute Gasteiger partial charge is 0.216 e. The summed E-state index contributed by atoms with van der Waals surface area (Å²) in [5, 5.41) is 11.2. The van der Waals surface area contributed by atoms with E-state index < -0.39 is 15.6 Å². The Labute approximate surface area is 200 Å². The highest BCUT2D eigenvalue weighted by molar-refractivity contribution is 7.91. The third-order valence-electron chi connectivity index (χ3n) is 4.73. The second-order valence-electron chi connectivity index (χ2n) is 6.73. The van der Waals surface area contributed by atoms with Crippen LogP contribution in [0.1, 0.15) is 35.6 Å². The summed E-state index contributed by atoms with van der Waals surface area (Å²) >= 11 is 18.6. The van der Waals surface area contributed by atoms with Crippen LogP contribution in [0.15, 0.2) is 35.2 Å². The predicted molar refractivity (Wildman–Crippen MR) is 123 cm³/mol. The summed E-state index contributed by atoms with van der Waals surface area (Å²) in [6.45, 7) is 4.84. The second kappa shape index (κ2) is 9.31. The van der Waals surface area contributed by atoms with Gasteiger partial charge >= 0.3 is 0 Å². The van der Waals surface area contributed by atoms with Crippen LogP contribution in [0.2, 0.25) is 15.1 Å². The van der Waals surface area contributed by atoms with Gasteiger partial charge in [-0.3, -0.25) is 4.79 Å². The van der Waals surface area contributed by atoms with Gasteiger partial charge in [0.2, 0.25) is 5.78 Å². The first-order chi connectivity index (χ1) is 15.0. The molecule has 1 N–H and O–H groups in total. The summed E-state index contributed by atoms with van der Waals surface area (Å²) < 4.78 is 30.9. The molecule has 0 spiro atoms. The zero-order chi connectivity index (χ0) is 23.8. The van der Waals surface area contributed by atoms with Crippen molar-refractivity contribution in [2.45, 2.75) is 25.7 Å². The maximum atomic E-state index is 13.3. The maximum Gasteiger partial charge on any atom is 0.216 e. The normalized spacial score (nSPS) is 11.6. The van der Waals surface area contributed by atoms with Crippen LogP contribution in [-0.4, -0.2) is 41.5 Å². The van der Waals surface area contributed by atoms with E-state index in [0.29, 0.717) is 15.3 Å². The number of ether oxygens (including phenoxy) is 1. The van der Waals surface area contributed by atoms with Crippen molar-refractivity contribution in [3.63, 3.8) is 0 Å². The lowest BCUT2D eigenvalue weighted by molar-refractivity contribution is 0.0986. The lowest BCUT2D eigenvalue weighted by Gasteiger charge is -2.14. The Kier molecular flexibility index (Phi) is 7.09. The van der Waals surface area contributed by atoms with E-state index in [4.69, 9.17) is 39.5 Å². The summed E-state index contributed by atoms with van der Waals surface area (Å²) in [7, 11) is -3.65. The monoisotopic (exact) mass is 516 g/mol. The summed E-state index contributed by atoms with van der Waals surface area (Å²) in [6, 6.07) is 7.19. The lowest BCUT2D eigenvalue weighted by Crippen LogP contribution is -2.13. The molecule has 0 amide bonds. The van der Waals surface area contributed by atoms with E-state index in [2.05, 4.69) is 4.98 Å². The first kappa shape index (κ1) is 24.4. The third kappa shape index (κ3) is 4.32. The number of halogens is 3. The minimum absolute atomic E-state index is 0.0406. The van der Waals surface area contributed by atoms with Gasteiger partial charge in [-0.15, -0.1) is 0 Å². The molecule has 3 rings (SSSR count). The van der Waals surface area contributed by atoms with Gasteiger partial charge in [-0.25, -0.2) is 13.4 Å². The molecule has 3 aromatic rings. The van der Waals surface area contributed by atoms with E-state index in [1.165, 1.54) is 25.1 Å². The van der Waals surface area contributed by atoms with Gasteiger partial charge in [0.05, 0.1) is 28.1 Å². The summed E-state index contributed by atoms with van der Waals surface area (Å²) in [6.07, 6.45) is 0. The fourth-order valence-electron chi connectivity index (χ4n) is 3.14. The zero-order valence-electron chi connectivity index (χ0n) is 17.3. The van der Waals surface area contributed by atoms with E-state index >= 15 is 0 Å². The number of ketones is 1. The highest BCUT2D eigenvalue weighted by atomic mass is 35.5. The number of carbonyl (C=O) groups is 1. The Morgan fingerprint density at radius 3 is 2.44 bits per heavy atom. The topological polar surface area (TPSA) is 98.5 Å². The summed E-state index contributed by atoms with van der Waals surface area (Å²) in [5.74, 6) is -0.895. The molecule has 0 aliphatic carbocycles. The highest BCUT2D eigenvalue weighted by Crippen LogP contribution is 2.38. The quantitative estimate of drug-likeness (QED) is 0.329. The average Bonchev–Trinajstić information content (AvgIpc) is 3.02. The summed E-state index contributed by atoms with van der Waals surface area (Å²) in [5.41, 5.74) is 0.391. The SMILES string of the molecule is CCOc1c(S(=O)(=O)CC)ccc(C(=O)c2c(C)nc(-c3ccc(Cl)cc3Cl)n2O)c1Cl. The number of aryl methyl sites for hydroxylation is 1. The van der Waals surface area contributed by atoms with Crippen LogP contribution in [0.25, 0.3) is 11.4 Å². The van der Waals surface area contributed by atoms with Gasteiger partial charge in [0, 0.05) is 16.1 Å². The molecule has 0 saturated heterocycles. The Hall–Kier alpha value is -2.26. The molecule has 32 heavy (non-hydrogen) atoms. The molecule has 1 aromatic heterocycles. The minimum Gasteiger partial charge on any atom is -0.491 e. The molecular weight excluding hydrogens is 499 g/mol. The van der Waals surface area contributed by atoms with Gasteiger partial charge in [0.25, 0.3) is 0 Å². The van der Waals surface area contributed by atoms with Crippen molar-refractivity contribution in [3.05, 3.63) is 62.4 Å². The van der Waals surface area contributed by atoms with Gasteiger partial charge in [0.1, 0.15) is 4.90 Å². The number of nitrogens with zero attached hydrogens (tertiary/aromatic N) is 2.